The van der Waals surface area contributed by atoms with Crippen molar-refractivity contribution in [3.63, 3.8) is 0 Å². The van der Waals surface area contributed by atoms with Gasteiger partial charge in [0.15, 0.2) is 5.78 Å². The molecule has 0 spiro atoms. The largest absolute Gasteiger partial charge is 0.382 e. The molecule has 7 nitrogen and oxygen atoms in total. The molecule has 1 N–H and O–H groups in total. The molecule has 1 fully saturated rings. The molecule has 1 aliphatic rings. The third-order valence-corrected chi connectivity index (χ3v) is 6.71. The maximum absolute atomic E-state index is 14.7. The number of piperazine rings is 1. The molecule has 4 rings (SSSR count). The Kier molecular flexibility index (Phi) is 7.63. The van der Waals surface area contributed by atoms with Crippen LogP contribution in [0.2, 0.25) is 0 Å². The highest BCUT2D eigenvalue weighted by molar-refractivity contribution is 5.97. The molecule has 3 aromatic rings. The van der Waals surface area contributed by atoms with E-state index in [1.165, 1.54) is 29.0 Å². The number of aliphatic hydroxyl groups is 1. The molecule has 2 aromatic carbocycles. The lowest BCUT2D eigenvalue weighted by Crippen LogP contribution is -2.53. The number of carbonyl (C=O) groups excluding carboxylic acids is 1. The number of halogens is 2. The number of carbonyl (C=O) groups is 1. The Hall–Kier alpha value is -3.01. The number of nitrogens with zero attached hydrogens (tertiary/aromatic N) is 5. The molecule has 0 radical (unpaired) electrons. The monoisotopic (exact) mass is 497 g/mol. The molecule has 1 atom stereocenters. The van der Waals surface area contributed by atoms with Gasteiger partial charge in [0, 0.05) is 49.9 Å². The van der Waals surface area contributed by atoms with Crippen LogP contribution in [0.25, 0.3) is 0 Å². The molecular weight excluding hydrogens is 464 g/mol. The molecule has 1 aromatic heterocycles. The van der Waals surface area contributed by atoms with Crippen LogP contribution >= 0.6 is 0 Å². The lowest BCUT2D eigenvalue weighted by molar-refractivity contribution is -0.0314. The summed E-state index contributed by atoms with van der Waals surface area (Å²) in [7, 11) is 0. The van der Waals surface area contributed by atoms with Gasteiger partial charge in [0.2, 0.25) is 0 Å². The number of rotatable bonds is 8. The quantitative estimate of drug-likeness (QED) is 0.482. The van der Waals surface area contributed by atoms with Crippen LogP contribution in [0.1, 0.15) is 42.3 Å². The van der Waals surface area contributed by atoms with E-state index >= 15 is 0 Å². The number of Topliss-reactive ketones (excluding diaryl/α,β-unsaturated/α-hetero) is 1. The van der Waals surface area contributed by atoms with Gasteiger partial charge in [-0.1, -0.05) is 51.1 Å². The lowest BCUT2D eigenvalue weighted by Gasteiger charge is -2.39. The fourth-order valence-electron chi connectivity index (χ4n) is 4.60. The Labute approximate surface area is 210 Å². The smallest absolute Gasteiger partial charge is 0.176 e. The first kappa shape index (κ1) is 26.1. The molecule has 1 saturated heterocycles. The van der Waals surface area contributed by atoms with Crippen LogP contribution in [-0.4, -0.2) is 74.7 Å². The molecular formula is C27H33F2N5O2. The minimum Gasteiger partial charge on any atom is -0.382 e. The Balaban J connectivity index is 1.39. The van der Waals surface area contributed by atoms with Crippen molar-refractivity contribution in [1.29, 1.82) is 0 Å². The van der Waals surface area contributed by atoms with E-state index in [1.54, 1.807) is 0 Å². The molecule has 1 aliphatic heterocycles. The van der Waals surface area contributed by atoms with Crippen molar-refractivity contribution < 1.29 is 18.7 Å². The Morgan fingerprint density at radius 1 is 0.972 bits per heavy atom. The fourth-order valence-corrected chi connectivity index (χ4v) is 4.60. The summed E-state index contributed by atoms with van der Waals surface area (Å²) < 4.78 is 29.6. The first-order chi connectivity index (χ1) is 17.0. The minimum atomic E-state index is -1.64. The van der Waals surface area contributed by atoms with Crippen molar-refractivity contribution >= 4 is 5.78 Å². The normalized spacial score (nSPS) is 17.2. The predicted octanol–water partition coefficient (Wildman–Crippen LogP) is 3.24. The first-order valence-corrected chi connectivity index (χ1v) is 12.1. The van der Waals surface area contributed by atoms with Crippen LogP contribution < -0.4 is 0 Å². The molecule has 192 valence electrons. The minimum absolute atomic E-state index is 0.00992. The van der Waals surface area contributed by atoms with Crippen molar-refractivity contribution in [2.45, 2.75) is 38.3 Å². The average molecular weight is 498 g/mol. The average Bonchev–Trinajstić information content (AvgIpc) is 3.32. The van der Waals surface area contributed by atoms with Crippen molar-refractivity contribution in [3.8, 4) is 0 Å². The van der Waals surface area contributed by atoms with Gasteiger partial charge in [0.25, 0.3) is 0 Å². The summed E-state index contributed by atoms with van der Waals surface area (Å²) in [6, 6.07) is 11.0. The second kappa shape index (κ2) is 10.5. The van der Waals surface area contributed by atoms with Crippen LogP contribution in [0.15, 0.2) is 55.1 Å². The number of benzene rings is 2. The molecule has 9 heteroatoms. The van der Waals surface area contributed by atoms with Gasteiger partial charge in [-0.05, 0) is 17.0 Å². The second-order valence-electron chi connectivity index (χ2n) is 10.6. The summed E-state index contributed by atoms with van der Waals surface area (Å²) in [5.41, 5.74) is 0.279. The van der Waals surface area contributed by atoms with Crippen molar-refractivity contribution in [2.24, 2.45) is 0 Å². The standard InChI is InChI=1S/C27H33F2N5O2/c1-26(2,3)21-6-4-20(5-7-21)25(35)15-32-10-12-33(13-11-32)16-27(36,17-34-19-30-18-31-34)23-9-8-22(28)14-24(23)29/h4-9,14,18-19,36H,10-13,15-17H2,1-3H3. The third kappa shape index (κ3) is 6.21. The maximum atomic E-state index is 14.7. The van der Waals surface area contributed by atoms with Crippen LogP contribution in [-0.2, 0) is 17.6 Å². The Morgan fingerprint density at radius 2 is 1.64 bits per heavy atom. The van der Waals surface area contributed by atoms with Crippen molar-refractivity contribution in [3.05, 3.63) is 83.4 Å². The third-order valence-electron chi connectivity index (χ3n) is 6.71. The lowest BCUT2D eigenvalue weighted by atomic mass is 9.86. The van der Waals surface area contributed by atoms with E-state index < -0.39 is 17.2 Å². The summed E-state index contributed by atoms with van der Waals surface area (Å²) in [4.78, 5) is 20.8. The first-order valence-electron chi connectivity index (χ1n) is 12.1. The van der Waals surface area contributed by atoms with Crippen LogP contribution in [0, 0.1) is 11.6 Å². The number of hydrogen-bond donors (Lipinski definition) is 1. The SMILES string of the molecule is CC(C)(C)c1ccc(C(=O)CN2CCN(CC(O)(Cn3cncn3)c3ccc(F)cc3F)CC2)cc1. The van der Waals surface area contributed by atoms with E-state index in [0.717, 1.165) is 12.1 Å². The van der Waals surface area contributed by atoms with E-state index in [2.05, 4.69) is 35.8 Å². The molecule has 0 aliphatic carbocycles. The molecule has 2 heterocycles. The molecule has 0 amide bonds. The van der Waals surface area contributed by atoms with Crippen LogP contribution in [0.3, 0.4) is 0 Å². The maximum Gasteiger partial charge on any atom is 0.176 e. The van der Waals surface area contributed by atoms with E-state index in [1.807, 2.05) is 29.2 Å². The van der Waals surface area contributed by atoms with E-state index in [9.17, 15) is 18.7 Å². The zero-order chi connectivity index (χ0) is 25.9. The van der Waals surface area contributed by atoms with Gasteiger partial charge in [0.1, 0.15) is 29.9 Å². The molecule has 1 unspecified atom stereocenters. The number of ketones is 1. The van der Waals surface area contributed by atoms with Crippen molar-refractivity contribution in [1.82, 2.24) is 24.6 Å². The number of hydrogen-bond acceptors (Lipinski definition) is 6. The molecule has 36 heavy (non-hydrogen) atoms. The second-order valence-corrected chi connectivity index (χ2v) is 10.6. The van der Waals surface area contributed by atoms with Gasteiger partial charge in [-0.25, -0.2) is 18.4 Å². The summed E-state index contributed by atoms with van der Waals surface area (Å²) in [5, 5.41) is 15.6. The number of β-amino-alcohol motifs (C(OH)–C–C–N with tert-alkyl or cyclic N) is 1. The van der Waals surface area contributed by atoms with Gasteiger partial charge in [0.05, 0.1) is 13.1 Å². The Bertz CT molecular complexity index is 1170. The van der Waals surface area contributed by atoms with Gasteiger partial charge >= 0.3 is 0 Å². The van der Waals surface area contributed by atoms with Crippen LogP contribution in [0.4, 0.5) is 8.78 Å². The number of aromatic nitrogens is 3. The Morgan fingerprint density at radius 3 is 2.22 bits per heavy atom. The topological polar surface area (TPSA) is 74.5 Å². The highest BCUT2D eigenvalue weighted by Crippen LogP contribution is 2.28. The summed E-state index contributed by atoms with van der Waals surface area (Å²) in [6.45, 7) is 9.30. The van der Waals surface area contributed by atoms with Crippen LogP contribution in [0.5, 0.6) is 0 Å². The van der Waals surface area contributed by atoms with Gasteiger partial charge in [-0.3, -0.25) is 14.6 Å². The molecule has 0 saturated carbocycles. The zero-order valence-electron chi connectivity index (χ0n) is 21.0. The summed E-state index contributed by atoms with van der Waals surface area (Å²) >= 11 is 0. The van der Waals surface area contributed by atoms with E-state index in [-0.39, 0.29) is 29.9 Å². The fraction of sp³-hybridized carbons (Fsp3) is 0.444. The van der Waals surface area contributed by atoms with E-state index in [0.29, 0.717) is 38.3 Å². The molecule has 0 bridgehead atoms. The van der Waals surface area contributed by atoms with Crippen molar-refractivity contribution in [2.75, 3.05) is 39.3 Å². The highest BCUT2D eigenvalue weighted by atomic mass is 19.1. The van der Waals surface area contributed by atoms with Gasteiger partial charge in [-0.2, -0.15) is 5.10 Å². The van der Waals surface area contributed by atoms with Gasteiger partial charge in [-0.15, -0.1) is 0 Å². The zero-order valence-corrected chi connectivity index (χ0v) is 21.0. The van der Waals surface area contributed by atoms with Gasteiger partial charge < -0.3 is 5.11 Å². The highest BCUT2D eigenvalue weighted by Gasteiger charge is 2.36. The summed E-state index contributed by atoms with van der Waals surface area (Å²) in [5.74, 6) is -1.44. The summed E-state index contributed by atoms with van der Waals surface area (Å²) in [6.07, 6.45) is 2.79. The van der Waals surface area contributed by atoms with E-state index in [4.69, 9.17) is 0 Å². The predicted molar refractivity (Wildman–Crippen MR) is 133 cm³/mol.